The van der Waals surface area contributed by atoms with Crippen molar-refractivity contribution in [2.45, 2.75) is 82.5 Å². The number of carbonyl (C=O) groups is 3. The molecule has 2 heterocycles. The van der Waals surface area contributed by atoms with Gasteiger partial charge in [0.1, 0.15) is 11.2 Å². The maximum absolute atomic E-state index is 13.4. The maximum Gasteiger partial charge on any atom is 0.359 e. The van der Waals surface area contributed by atoms with Crippen LogP contribution in [0.2, 0.25) is 0 Å². The molecule has 8 nitrogen and oxygen atoms in total. The molecule has 2 fully saturated rings. The van der Waals surface area contributed by atoms with Crippen LogP contribution in [0, 0.1) is 0 Å². The Labute approximate surface area is 164 Å². The number of hydrogen-bond donors (Lipinski definition) is 1. The van der Waals surface area contributed by atoms with Crippen molar-refractivity contribution in [1.29, 1.82) is 0 Å². The van der Waals surface area contributed by atoms with E-state index in [9.17, 15) is 14.4 Å². The summed E-state index contributed by atoms with van der Waals surface area (Å²) >= 11 is 0. The zero-order valence-corrected chi connectivity index (χ0v) is 16.6. The minimum Gasteiger partial charge on any atom is -0.464 e. The molecule has 1 aromatic rings. The van der Waals surface area contributed by atoms with Crippen LogP contribution >= 0.6 is 0 Å². The molecule has 0 aromatic carbocycles. The number of methoxy groups -OCH3 is 1. The maximum atomic E-state index is 13.4. The predicted molar refractivity (Wildman–Crippen MR) is 101 cm³/mol. The molecule has 2 saturated carbocycles. The van der Waals surface area contributed by atoms with E-state index in [4.69, 9.17) is 4.74 Å². The number of esters is 1. The topological polar surface area (TPSA) is 93.5 Å². The Morgan fingerprint density at radius 1 is 1.18 bits per heavy atom. The number of nitrogens with one attached hydrogen (secondary N) is 1. The van der Waals surface area contributed by atoms with Gasteiger partial charge in [0.25, 0.3) is 5.91 Å². The first-order valence-electron chi connectivity index (χ1n) is 10.2. The van der Waals surface area contributed by atoms with Crippen LogP contribution < -0.4 is 5.32 Å². The molecule has 0 spiro atoms. The minimum absolute atomic E-state index is 0.0179. The molecule has 28 heavy (non-hydrogen) atoms. The molecule has 0 radical (unpaired) electrons. The van der Waals surface area contributed by atoms with Crippen LogP contribution in [-0.4, -0.2) is 57.0 Å². The van der Waals surface area contributed by atoms with Gasteiger partial charge in [0, 0.05) is 12.1 Å². The monoisotopic (exact) mass is 388 g/mol. The largest absolute Gasteiger partial charge is 0.464 e. The second-order valence-corrected chi connectivity index (χ2v) is 8.40. The van der Waals surface area contributed by atoms with Crippen LogP contribution in [0.4, 0.5) is 0 Å². The summed E-state index contributed by atoms with van der Waals surface area (Å²) in [4.78, 5) is 44.5. The minimum atomic E-state index is -0.994. The summed E-state index contributed by atoms with van der Waals surface area (Å²) in [6.45, 7) is 2.11. The SMILES string of the molecule is COC(=O)c1ncn2c1C(=O)N(C1CC1)C(C)(C(=O)NC1CCCCCC1)C2. The van der Waals surface area contributed by atoms with Gasteiger partial charge >= 0.3 is 5.97 Å². The normalized spacial score (nSPS) is 25.8. The highest BCUT2D eigenvalue weighted by atomic mass is 16.5. The van der Waals surface area contributed by atoms with Crippen molar-refractivity contribution in [3.8, 4) is 0 Å². The third-order valence-electron chi connectivity index (χ3n) is 6.24. The smallest absolute Gasteiger partial charge is 0.359 e. The molecule has 1 unspecified atom stereocenters. The summed E-state index contributed by atoms with van der Waals surface area (Å²) in [5.41, 5.74) is -0.756. The molecule has 1 aromatic heterocycles. The highest BCUT2D eigenvalue weighted by molar-refractivity contribution is 6.06. The number of imidazole rings is 1. The van der Waals surface area contributed by atoms with E-state index in [0.29, 0.717) is 0 Å². The van der Waals surface area contributed by atoms with E-state index in [1.54, 1.807) is 9.47 Å². The first-order valence-corrected chi connectivity index (χ1v) is 10.2. The van der Waals surface area contributed by atoms with E-state index < -0.39 is 11.5 Å². The first-order chi connectivity index (χ1) is 13.5. The van der Waals surface area contributed by atoms with E-state index in [-0.39, 0.29) is 41.8 Å². The van der Waals surface area contributed by atoms with Crippen molar-refractivity contribution < 1.29 is 19.1 Å². The molecule has 1 atom stereocenters. The molecule has 0 saturated heterocycles. The van der Waals surface area contributed by atoms with Crippen molar-refractivity contribution in [3.63, 3.8) is 0 Å². The van der Waals surface area contributed by atoms with Crippen LogP contribution in [0.5, 0.6) is 0 Å². The quantitative estimate of drug-likeness (QED) is 0.628. The molecular formula is C20H28N4O4. The molecule has 3 aliphatic rings. The molecule has 8 heteroatoms. The Morgan fingerprint density at radius 2 is 1.86 bits per heavy atom. The van der Waals surface area contributed by atoms with Gasteiger partial charge in [-0.3, -0.25) is 9.59 Å². The Hall–Kier alpha value is -2.38. The van der Waals surface area contributed by atoms with Crippen LogP contribution in [0.3, 0.4) is 0 Å². The summed E-state index contributed by atoms with van der Waals surface area (Å²) in [7, 11) is 1.27. The standard InChI is InChI=1S/C20H28N4O4/c1-20(19(27)22-13-7-5-3-4-6-8-13)11-23-12-21-15(18(26)28-2)16(23)17(25)24(20)14-9-10-14/h12-14H,3-11H2,1-2H3,(H,22,27). The Morgan fingerprint density at radius 3 is 2.46 bits per heavy atom. The van der Waals surface area contributed by atoms with E-state index in [1.807, 2.05) is 6.92 Å². The van der Waals surface area contributed by atoms with Gasteiger partial charge in [-0.2, -0.15) is 0 Å². The lowest BCUT2D eigenvalue weighted by atomic mass is 9.93. The second kappa shape index (κ2) is 7.22. The summed E-state index contributed by atoms with van der Waals surface area (Å²) < 4.78 is 6.39. The third kappa shape index (κ3) is 3.18. The second-order valence-electron chi connectivity index (χ2n) is 8.40. The number of aromatic nitrogens is 2. The van der Waals surface area contributed by atoms with Crippen LogP contribution in [0.15, 0.2) is 6.33 Å². The lowest BCUT2D eigenvalue weighted by molar-refractivity contribution is -0.134. The summed E-state index contributed by atoms with van der Waals surface area (Å²) in [6, 6.07) is 0.198. The van der Waals surface area contributed by atoms with Crippen molar-refractivity contribution in [1.82, 2.24) is 19.8 Å². The molecule has 1 N–H and O–H groups in total. The fourth-order valence-corrected chi connectivity index (χ4v) is 4.57. The molecule has 0 bridgehead atoms. The Balaban J connectivity index is 1.64. The Bertz CT molecular complexity index is 792. The summed E-state index contributed by atoms with van der Waals surface area (Å²) in [5, 5.41) is 3.22. The number of carbonyl (C=O) groups excluding carboxylic acids is 3. The number of amides is 2. The molecule has 2 amide bonds. The fourth-order valence-electron chi connectivity index (χ4n) is 4.57. The number of hydrogen-bond acceptors (Lipinski definition) is 5. The van der Waals surface area contributed by atoms with E-state index in [2.05, 4.69) is 10.3 Å². The Kier molecular flexibility index (Phi) is 4.89. The first kappa shape index (κ1) is 19.0. The fraction of sp³-hybridized carbons (Fsp3) is 0.700. The lowest BCUT2D eigenvalue weighted by Crippen LogP contribution is -2.65. The number of fused-ring (bicyclic) bond motifs is 1. The lowest BCUT2D eigenvalue weighted by Gasteiger charge is -2.44. The zero-order chi connectivity index (χ0) is 19.9. The molecule has 1 aliphatic heterocycles. The van der Waals surface area contributed by atoms with Crippen molar-refractivity contribution in [3.05, 3.63) is 17.7 Å². The predicted octanol–water partition coefficient (Wildman–Crippen LogP) is 1.89. The number of rotatable bonds is 4. The highest BCUT2D eigenvalue weighted by Gasteiger charge is 2.54. The molecule has 4 rings (SSSR count). The van der Waals surface area contributed by atoms with Crippen molar-refractivity contribution in [2.75, 3.05) is 7.11 Å². The van der Waals surface area contributed by atoms with Crippen molar-refractivity contribution >= 4 is 17.8 Å². The van der Waals surface area contributed by atoms with Gasteiger partial charge in [0.15, 0.2) is 5.69 Å². The van der Waals surface area contributed by atoms with Gasteiger partial charge < -0.3 is 19.5 Å². The molecule has 2 aliphatic carbocycles. The van der Waals surface area contributed by atoms with Gasteiger partial charge in [-0.25, -0.2) is 9.78 Å². The average molecular weight is 388 g/mol. The van der Waals surface area contributed by atoms with E-state index in [0.717, 1.165) is 38.5 Å². The third-order valence-corrected chi connectivity index (χ3v) is 6.24. The zero-order valence-electron chi connectivity index (χ0n) is 16.6. The van der Waals surface area contributed by atoms with Crippen LogP contribution in [0.25, 0.3) is 0 Å². The van der Waals surface area contributed by atoms with Gasteiger partial charge in [0.05, 0.1) is 20.0 Å². The van der Waals surface area contributed by atoms with Gasteiger partial charge in [-0.05, 0) is 32.6 Å². The van der Waals surface area contributed by atoms with Crippen LogP contribution in [-0.2, 0) is 16.1 Å². The number of ether oxygens (including phenoxy) is 1. The summed E-state index contributed by atoms with van der Waals surface area (Å²) in [5.74, 6) is -1.06. The average Bonchev–Trinajstić information content (AvgIpc) is 3.45. The molecular weight excluding hydrogens is 360 g/mol. The van der Waals surface area contributed by atoms with Gasteiger partial charge in [-0.15, -0.1) is 0 Å². The number of nitrogens with zero attached hydrogens (tertiary/aromatic N) is 3. The highest BCUT2D eigenvalue weighted by Crippen LogP contribution is 2.39. The molecule has 152 valence electrons. The van der Waals surface area contributed by atoms with Gasteiger partial charge in [0.2, 0.25) is 5.91 Å². The van der Waals surface area contributed by atoms with Crippen molar-refractivity contribution in [2.24, 2.45) is 0 Å². The van der Waals surface area contributed by atoms with Gasteiger partial charge in [-0.1, -0.05) is 25.7 Å². The summed E-state index contributed by atoms with van der Waals surface area (Å²) in [6.07, 6.45) is 9.86. The van der Waals surface area contributed by atoms with E-state index >= 15 is 0 Å². The van der Waals surface area contributed by atoms with Crippen LogP contribution in [0.1, 0.15) is 79.3 Å². The van der Waals surface area contributed by atoms with E-state index in [1.165, 1.54) is 26.3 Å².